The number of hydrogen-bond donors (Lipinski definition) is 1. The van der Waals surface area contributed by atoms with Gasteiger partial charge >= 0.3 is 0 Å². The standard InChI is InChI=1S/C10H15NS2/c1-8(10-3-2-4-13-10)5-11-9-6-12-7-9/h2-4,8-9,11H,5-7H2,1H3. The molecular weight excluding hydrogens is 198 g/mol. The number of thiophene rings is 1. The van der Waals surface area contributed by atoms with E-state index < -0.39 is 0 Å². The van der Waals surface area contributed by atoms with Crippen molar-refractivity contribution in [2.45, 2.75) is 18.9 Å². The summed E-state index contributed by atoms with van der Waals surface area (Å²) in [6.45, 7) is 3.43. The fraction of sp³-hybridized carbons (Fsp3) is 0.600. The van der Waals surface area contributed by atoms with Crippen LogP contribution in [0.15, 0.2) is 17.5 Å². The van der Waals surface area contributed by atoms with Gasteiger partial charge in [0.1, 0.15) is 0 Å². The maximum Gasteiger partial charge on any atom is 0.0249 e. The molecule has 1 aliphatic rings. The van der Waals surface area contributed by atoms with Gasteiger partial charge in [0.25, 0.3) is 0 Å². The van der Waals surface area contributed by atoms with E-state index in [-0.39, 0.29) is 0 Å². The molecule has 72 valence electrons. The first-order chi connectivity index (χ1) is 6.36. The molecule has 1 unspecified atom stereocenters. The van der Waals surface area contributed by atoms with Gasteiger partial charge in [0, 0.05) is 34.9 Å². The van der Waals surface area contributed by atoms with Crippen molar-refractivity contribution in [3.05, 3.63) is 22.4 Å². The number of nitrogens with one attached hydrogen (secondary N) is 1. The lowest BCUT2D eigenvalue weighted by molar-refractivity contribution is 0.548. The van der Waals surface area contributed by atoms with Gasteiger partial charge in [-0.2, -0.15) is 11.8 Å². The average Bonchev–Trinajstić information content (AvgIpc) is 2.52. The maximum absolute atomic E-state index is 3.59. The largest absolute Gasteiger partial charge is 0.312 e. The second kappa shape index (κ2) is 4.49. The quantitative estimate of drug-likeness (QED) is 0.825. The monoisotopic (exact) mass is 213 g/mol. The van der Waals surface area contributed by atoms with Crippen LogP contribution in [0.5, 0.6) is 0 Å². The minimum absolute atomic E-state index is 0.672. The summed E-state index contributed by atoms with van der Waals surface area (Å²) in [7, 11) is 0. The Labute approximate surface area is 87.9 Å². The highest BCUT2D eigenvalue weighted by molar-refractivity contribution is 8.00. The third-order valence-electron chi connectivity index (χ3n) is 2.38. The van der Waals surface area contributed by atoms with Crippen molar-refractivity contribution in [2.75, 3.05) is 18.1 Å². The third kappa shape index (κ3) is 2.48. The predicted octanol–water partition coefficient (Wildman–Crippen LogP) is 2.56. The summed E-state index contributed by atoms with van der Waals surface area (Å²) in [5, 5.41) is 5.75. The van der Waals surface area contributed by atoms with Gasteiger partial charge in [-0.25, -0.2) is 0 Å². The van der Waals surface area contributed by atoms with Gasteiger partial charge in [-0.05, 0) is 11.4 Å². The van der Waals surface area contributed by atoms with Crippen molar-refractivity contribution < 1.29 is 0 Å². The highest BCUT2D eigenvalue weighted by atomic mass is 32.2. The molecule has 0 spiro atoms. The van der Waals surface area contributed by atoms with Crippen LogP contribution in [0, 0.1) is 0 Å². The molecule has 1 aliphatic heterocycles. The molecule has 2 rings (SSSR count). The summed E-state index contributed by atoms with van der Waals surface area (Å²) in [6, 6.07) is 5.15. The SMILES string of the molecule is CC(CNC1CSC1)c1cccs1. The molecule has 0 aromatic carbocycles. The van der Waals surface area contributed by atoms with E-state index in [0.717, 1.165) is 12.6 Å². The fourth-order valence-corrected chi connectivity index (χ4v) is 2.86. The van der Waals surface area contributed by atoms with Gasteiger partial charge in [0.15, 0.2) is 0 Å². The van der Waals surface area contributed by atoms with Crippen LogP contribution in [0.2, 0.25) is 0 Å². The van der Waals surface area contributed by atoms with Gasteiger partial charge in [-0.3, -0.25) is 0 Å². The maximum atomic E-state index is 3.59. The lowest BCUT2D eigenvalue weighted by Crippen LogP contribution is -2.41. The summed E-state index contributed by atoms with van der Waals surface area (Å²) in [5.41, 5.74) is 0. The van der Waals surface area contributed by atoms with E-state index in [9.17, 15) is 0 Å². The molecule has 1 aromatic rings. The minimum atomic E-state index is 0.672. The number of hydrogen-bond acceptors (Lipinski definition) is 3. The molecule has 0 radical (unpaired) electrons. The van der Waals surface area contributed by atoms with Gasteiger partial charge in [0.05, 0.1) is 0 Å². The number of thioether (sulfide) groups is 1. The summed E-state index contributed by atoms with van der Waals surface area (Å²) < 4.78 is 0. The molecule has 1 N–H and O–H groups in total. The van der Waals surface area contributed by atoms with E-state index in [1.807, 2.05) is 23.1 Å². The first-order valence-corrected chi connectivity index (χ1v) is 6.74. The first-order valence-electron chi connectivity index (χ1n) is 4.71. The molecule has 3 heteroatoms. The van der Waals surface area contributed by atoms with Crippen LogP contribution < -0.4 is 5.32 Å². The Bertz CT molecular complexity index is 241. The van der Waals surface area contributed by atoms with E-state index >= 15 is 0 Å². The zero-order chi connectivity index (χ0) is 9.10. The van der Waals surface area contributed by atoms with Gasteiger partial charge in [0.2, 0.25) is 0 Å². The summed E-state index contributed by atoms with van der Waals surface area (Å²) >= 11 is 3.90. The zero-order valence-electron chi connectivity index (χ0n) is 7.82. The van der Waals surface area contributed by atoms with Gasteiger partial charge in [-0.15, -0.1) is 11.3 Å². The Hall–Kier alpha value is 0.01000. The molecule has 0 amide bonds. The zero-order valence-corrected chi connectivity index (χ0v) is 9.46. The molecule has 1 atom stereocenters. The van der Waals surface area contributed by atoms with E-state index in [1.165, 1.54) is 16.4 Å². The van der Waals surface area contributed by atoms with E-state index in [1.54, 1.807) is 0 Å². The van der Waals surface area contributed by atoms with Crippen LogP contribution in [0.25, 0.3) is 0 Å². The topological polar surface area (TPSA) is 12.0 Å². The molecule has 0 saturated carbocycles. The van der Waals surface area contributed by atoms with Crippen molar-refractivity contribution >= 4 is 23.1 Å². The van der Waals surface area contributed by atoms with Crippen LogP contribution in [0.4, 0.5) is 0 Å². The fourth-order valence-electron chi connectivity index (χ4n) is 1.37. The molecule has 0 aliphatic carbocycles. The minimum Gasteiger partial charge on any atom is -0.312 e. The predicted molar refractivity (Wildman–Crippen MR) is 61.8 cm³/mol. The Morgan fingerprint density at radius 2 is 2.46 bits per heavy atom. The lowest BCUT2D eigenvalue weighted by atomic mass is 10.1. The molecule has 0 bridgehead atoms. The third-order valence-corrected chi connectivity index (χ3v) is 4.76. The highest BCUT2D eigenvalue weighted by Gasteiger charge is 2.18. The molecule has 13 heavy (non-hydrogen) atoms. The summed E-state index contributed by atoms with van der Waals surface area (Å²) in [6.07, 6.45) is 0. The number of rotatable bonds is 4. The Kier molecular flexibility index (Phi) is 3.30. The van der Waals surface area contributed by atoms with Crippen LogP contribution in [-0.2, 0) is 0 Å². The Morgan fingerprint density at radius 3 is 3.00 bits per heavy atom. The second-order valence-corrected chi connectivity index (χ2v) is 5.61. The van der Waals surface area contributed by atoms with Crippen LogP contribution in [0.1, 0.15) is 17.7 Å². The Balaban J connectivity index is 1.74. The molecule has 1 saturated heterocycles. The normalized spacial score (nSPS) is 19.8. The molecular formula is C10H15NS2. The van der Waals surface area contributed by atoms with Gasteiger partial charge in [-0.1, -0.05) is 13.0 Å². The van der Waals surface area contributed by atoms with Crippen molar-refractivity contribution in [2.24, 2.45) is 0 Å². The van der Waals surface area contributed by atoms with Crippen LogP contribution in [-0.4, -0.2) is 24.1 Å². The van der Waals surface area contributed by atoms with Crippen molar-refractivity contribution in [3.63, 3.8) is 0 Å². The van der Waals surface area contributed by atoms with Crippen molar-refractivity contribution in [1.29, 1.82) is 0 Å². The molecule has 1 nitrogen and oxygen atoms in total. The van der Waals surface area contributed by atoms with E-state index in [0.29, 0.717) is 5.92 Å². The van der Waals surface area contributed by atoms with Crippen LogP contribution >= 0.6 is 23.1 Å². The van der Waals surface area contributed by atoms with Crippen LogP contribution in [0.3, 0.4) is 0 Å². The molecule has 2 heterocycles. The van der Waals surface area contributed by atoms with Crippen molar-refractivity contribution in [3.8, 4) is 0 Å². The van der Waals surface area contributed by atoms with E-state index in [4.69, 9.17) is 0 Å². The highest BCUT2D eigenvalue weighted by Crippen LogP contribution is 2.22. The average molecular weight is 213 g/mol. The smallest absolute Gasteiger partial charge is 0.0249 e. The second-order valence-electron chi connectivity index (χ2n) is 3.56. The van der Waals surface area contributed by atoms with Gasteiger partial charge < -0.3 is 5.32 Å². The summed E-state index contributed by atoms with van der Waals surface area (Å²) in [5.74, 6) is 3.28. The molecule has 1 fully saturated rings. The molecule has 1 aromatic heterocycles. The Morgan fingerprint density at radius 1 is 1.62 bits per heavy atom. The van der Waals surface area contributed by atoms with E-state index in [2.05, 4.69) is 29.8 Å². The lowest BCUT2D eigenvalue weighted by Gasteiger charge is -2.27. The summed E-state index contributed by atoms with van der Waals surface area (Å²) in [4.78, 5) is 1.50. The van der Waals surface area contributed by atoms with Crippen molar-refractivity contribution in [1.82, 2.24) is 5.32 Å². The first kappa shape index (κ1) is 9.56.